The Morgan fingerprint density at radius 2 is 1.36 bits per heavy atom. The van der Waals surface area contributed by atoms with Gasteiger partial charge in [-0.25, -0.2) is 0 Å². The van der Waals surface area contributed by atoms with Crippen LogP contribution in [0.15, 0.2) is 48.5 Å². The van der Waals surface area contributed by atoms with Crippen LogP contribution in [0.5, 0.6) is 11.5 Å². The fourth-order valence-electron chi connectivity index (χ4n) is 2.02. The molecule has 0 amide bonds. The zero-order chi connectivity index (χ0) is 17.9. The molecule has 2 aromatic rings. The predicted molar refractivity (Wildman–Crippen MR) is 96.3 cm³/mol. The molecule has 0 spiro atoms. The summed E-state index contributed by atoms with van der Waals surface area (Å²) in [6.45, 7) is 0.427. The molecule has 0 aliphatic carbocycles. The number of methoxy groups -OCH3 is 2. The molecule has 0 N–H and O–H groups in total. The van der Waals surface area contributed by atoms with Gasteiger partial charge in [0.1, 0.15) is 17.4 Å². The Kier molecular flexibility index (Phi) is 7.41. The molecule has 0 bridgehead atoms. The second kappa shape index (κ2) is 10.1. The van der Waals surface area contributed by atoms with Crippen LogP contribution in [0.1, 0.15) is 17.0 Å². The first-order valence-corrected chi connectivity index (χ1v) is 7.68. The Morgan fingerprint density at radius 1 is 0.840 bits per heavy atom. The average molecular weight is 336 g/mol. The van der Waals surface area contributed by atoms with Crippen molar-refractivity contribution in [2.45, 2.75) is 5.92 Å². The molecule has 1 unspecified atom stereocenters. The van der Waals surface area contributed by atoms with E-state index >= 15 is 0 Å². The van der Waals surface area contributed by atoms with Gasteiger partial charge in [-0.05, 0) is 42.0 Å². The molecule has 0 saturated carbocycles. The van der Waals surface area contributed by atoms with E-state index in [1.165, 1.54) is 0 Å². The van der Waals surface area contributed by atoms with E-state index in [2.05, 4.69) is 17.8 Å². The molecule has 25 heavy (non-hydrogen) atoms. The van der Waals surface area contributed by atoms with E-state index in [0.29, 0.717) is 0 Å². The molecule has 0 saturated heterocycles. The van der Waals surface area contributed by atoms with Crippen molar-refractivity contribution < 1.29 is 18.9 Å². The third-order valence-electron chi connectivity index (χ3n) is 3.28. The molecule has 0 aliphatic rings. The Balaban J connectivity index is 2.04. The standard InChI is InChI=1S/C21H20O4/c1-4-18(19-9-13-21(14-10-19)25-16-23-3)8-5-17-6-11-20(12-7-17)24-15-22-2/h1,6-7,9-14,18H,15-16H2,2-3H3. The number of ether oxygens (including phenoxy) is 4. The van der Waals surface area contributed by atoms with Crippen molar-refractivity contribution in [1.82, 2.24) is 0 Å². The molecular formula is C21H20O4. The monoisotopic (exact) mass is 336 g/mol. The zero-order valence-electron chi connectivity index (χ0n) is 14.3. The van der Waals surface area contributed by atoms with Crippen molar-refractivity contribution in [2.24, 2.45) is 0 Å². The minimum Gasteiger partial charge on any atom is -0.468 e. The Morgan fingerprint density at radius 3 is 1.84 bits per heavy atom. The van der Waals surface area contributed by atoms with Crippen molar-refractivity contribution in [3.05, 3.63) is 59.7 Å². The summed E-state index contributed by atoms with van der Waals surface area (Å²) in [6.07, 6.45) is 5.63. The van der Waals surface area contributed by atoms with Crippen LogP contribution in [0.3, 0.4) is 0 Å². The lowest BCUT2D eigenvalue weighted by molar-refractivity contribution is 0.0509. The van der Waals surface area contributed by atoms with E-state index in [1.54, 1.807) is 14.2 Å². The number of benzene rings is 2. The first kappa shape index (κ1) is 18.4. The van der Waals surface area contributed by atoms with Gasteiger partial charge in [-0.2, -0.15) is 0 Å². The minimum atomic E-state index is -0.291. The van der Waals surface area contributed by atoms with Gasteiger partial charge in [-0.15, -0.1) is 6.42 Å². The molecule has 2 aromatic carbocycles. The van der Waals surface area contributed by atoms with Gasteiger partial charge in [0.05, 0.1) is 0 Å². The molecule has 4 nitrogen and oxygen atoms in total. The van der Waals surface area contributed by atoms with E-state index in [0.717, 1.165) is 22.6 Å². The van der Waals surface area contributed by atoms with Gasteiger partial charge < -0.3 is 18.9 Å². The maximum absolute atomic E-state index is 5.63. The van der Waals surface area contributed by atoms with Crippen LogP contribution in [-0.2, 0) is 9.47 Å². The maximum Gasteiger partial charge on any atom is 0.188 e. The summed E-state index contributed by atoms with van der Waals surface area (Å²) >= 11 is 0. The lowest BCUT2D eigenvalue weighted by Gasteiger charge is -2.07. The second-order valence-electron chi connectivity index (χ2n) is 5.06. The van der Waals surface area contributed by atoms with Crippen molar-refractivity contribution >= 4 is 0 Å². The van der Waals surface area contributed by atoms with Crippen LogP contribution in [0.25, 0.3) is 0 Å². The molecule has 0 radical (unpaired) electrons. The summed E-state index contributed by atoms with van der Waals surface area (Å²) in [7, 11) is 3.16. The highest BCUT2D eigenvalue weighted by atomic mass is 16.7. The Bertz CT molecular complexity index is 746. The van der Waals surface area contributed by atoms with Gasteiger partial charge in [0.25, 0.3) is 0 Å². The summed E-state index contributed by atoms with van der Waals surface area (Å²) in [5.41, 5.74) is 1.81. The number of rotatable bonds is 7. The fraction of sp³-hybridized carbons (Fsp3) is 0.238. The summed E-state index contributed by atoms with van der Waals surface area (Å²) in [6, 6.07) is 15.0. The van der Waals surface area contributed by atoms with Crippen LogP contribution in [0, 0.1) is 24.2 Å². The SMILES string of the molecule is C#CC(C#Cc1ccc(OCOC)cc1)c1ccc(OCOC)cc1. The molecule has 0 aliphatic heterocycles. The number of hydrogen-bond acceptors (Lipinski definition) is 4. The Hall–Kier alpha value is -2.92. The first-order valence-electron chi connectivity index (χ1n) is 7.68. The van der Waals surface area contributed by atoms with Gasteiger partial charge in [0, 0.05) is 19.8 Å². The number of hydrogen-bond donors (Lipinski definition) is 0. The van der Waals surface area contributed by atoms with E-state index < -0.39 is 0 Å². The second-order valence-corrected chi connectivity index (χ2v) is 5.06. The average Bonchev–Trinajstić information content (AvgIpc) is 2.67. The molecule has 0 aromatic heterocycles. The molecule has 1 atom stereocenters. The first-order chi connectivity index (χ1) is 12.3. The van der Waals surface area contributed by atoms with E-state index in [1.807, 2.05) is 48.5 Å². The van der Waals surface area contributed by atoms with Crippen LogP contribution in [0.2, 0.25) is 0 Å². The van der Waals surface area contributed by atoms with Crippen LogP contribution < -0.4 is 9.47 Å². The number of terminal acetylenes is 1. The molecular weight excluding hydrogens is 316 g/mol. The van der Waals surface area contributed by atoms with Crippen molar-refractivity contribution in [3.63, 3.8) is 0 Å². The van der Waals surface area contributed by atoms with Gasteiger partial charge in [0.2, 0.25) is 0 Å². The van der Waals surface area contributed by atoms with Crippen molar-refractivity contribution in [2.75, 3.05) is 27.8 Å². The summed E-state index contributed by atoms with van der Waals surface area (Å²) in [5, 5.41) is 0. The summed E-state index contributed by atoms with van der Waals surface area (Å²) in [5.74, 6) is 10.1. The highest BCUT2D eigenvalue weighted by molar-refractivity contribution is 5.44. The van der Waals surface area contributed by atoms with Crippen LogP contribution >= 0.6 is 0 Å². The molecule has 0 heterocycles. The fourth-order valence-corrected chi connectivity index (χ4v) is 2.02. The normalized spacial score (nSPS) is 10.9. The van der Waals surface area contributed by atoms with Crippen molar-refractivity contribution in [1.29, 1.82) is 0 Å². The molecule has 2 rings (SSSR count). The van der Waals surface area contributed by atoms with Gasteiger partial charge in [-0.1, -0.05) is 29.9 Å². The van der Waals surface area contributed by atoms with Gasteiger partial charge in [0.15, 0.2) is 13.6 Å². The zero-order valence-corrected chi connectivity index (χ0v) is 14.3. The van der Waals surface area contributed by atoms with Gasteiger partial charge >= 0.3 is 0 Å². The smallest absolute Gasteiger partial charge is 0.188 e. The lowest BCUT2D eigenvalue weighted by atomic mass is 10.00. The maximum atomic E-state index is 5.63. The molecule has 128 valence electrons. The minimum absolute atomic E-state index is 0.210. The highest BCUT2D eigenvalue weighted by Gasteiger charge is 2.05. The topological polar surface area (TPSA) is 36.9 Å². The predicted octanol–water partition coefficient (Wildman–Crippen LogP) is 3.42. The van der Waals surface area contributed by atoms with Crippen LogP contribution in [-0.4, -0.2) is 27.8 Å². The van der Waals surface area contributed by atoms with Gasteiger partial charge in [-0.3, -0.25) is 0 Å². The quantitative estimate of drug-likeness (QED) is 0.573. The molecule has 4 heteroatoms. The summed E-state index contributed by atoms with van der Waals surface area (Å²) in [4.78, 5) is 0. The highest BCUT2D eigenvalue weighted by Crippen LogP contribution is 2.19. The van der Waals surface area contributed by atoms with Crippen LogP contribution in [0.4, 0.5) is 0 Å². The Labute approximate surface area is 148 Å². The largest absolute Gasteiger partial charge is 0.468 e. The lowest BCUT2D eigenvalue weighted by Crippen LogP contribution is -1.99. The molecule has 0 fully saturated rings. The van der Waals surface area contributed by atoms with E-state index in [-0.39, 0.29) is 19.5 Å². The summed E-state index contributed by atoms with van der Waals surface area (Å²) < 4.78 is 20.4. The van der Waals surface area contributed by atoms with Crippen molar-refractivity contribution in [3.8, 4) is 35.7 Å². The third kappa shape index (κ3) is 5.90. The van der Waals surface area contributed by atoms with E-state index in [4.69, 9.17) is 25.4 Å². The third-order valence-corrected chi connectivity index (χ3v) is 3.28. The van der Waals surface area contributed by atoms with E-state index in [9.17, 15) is 0 Å².